The van der Waals surface area contributed by atoms with Crippen LogP contribution in [0.2, 0.25) is 0 Å². The number of aryl methyl sites for hydroxylation is 2. The Morgan fingerprint density at radius 3 is 2.58 bits per heavy atom. The Hall–Kier alpha value is -3.49. The van der Waals surface area contributed by atoms with Crippen molar-refractivity contribution in [3.8, 4) is 0 Å². The van der Waals surface area contributed by atoms with Crippen LogP contribution in [0.15, 0.2) is 66.7 Å². The summed E-state index contributed by atoms with van der Waals surface area (Å²) in [6.45, 7) is 3.95. The molecule has 182 valence electrons. The van der Waals surface area contributed by atoms with E-state index in [1.807, 2.05) is 62.4 Å². The number of hydrogen-bond acceptors (Lipinski definition) is 6. The Kier molecular flexibility index (Phi) is 5.28. The molecular weight excluding hydrogens is 474 g/mol. The zero-order valence-corrected chi connectivity index (χ0v) is 20.7. The normalized spacial score (nSPS) is 26.6. The molecule has 2 fully saturated rings. The van der Waals surface area contributed by atoms with Gasteiger partial charge in [0, 0.05) is 52.5 Å². The fourth-order valence-electron chi connectivity index (χ4n) is 6.31. The van der Waals surface area contributed by atoms with E-state index in [1.54, 1.807) is 23.9 Å². The zero-order valence-electron chi connectivity index (χ0n) is 19.9. The number of amides is 1. The van der Waals surface area contributed by atoms with Crippen molar-refractivity contribution >= 4 is 34.8 Å². The number of carbonyl (C=O) groups excluding carboxylic acids is 2. The van der Waals surface area contributed by atoms with E-state index in [4.69, 9.17) is 0 Å². The molecule has 3 aromatic carbocycles. The maximum Gasteiger partial charge on any atom is 0.269 e. The Morgan fingerprint density at radius 2 is 1.83 bits per heavy atom. The molecule has 1 spiro atoms. The van der Waals surface area contributed by atoms with Crippen LogP contribution in [0.5, 0.6) is 0 Å². The molecule has 0 aromatic heterocycles. The first-order valence-electron chi connectivity index (χ1n) is 11.9. The molecule has 0 radical (unpaired) electrons. The highest BCUT2D eigenvalue weighted by atomic mass is 32.2. The quantitative estimate of drug-likeness (QED) is 0.308. The maximum absolute atomic E-state index is 14.4. The lowest BCUT2D eigenvalue weighted by molar-refractivity contribution is -0.384. The second kappa shape index (κ2) is 8.28. The summed E-state index contributed by atoms with van der Waals surface area (Å²) in [5.74, 6) is -0.0954. The Bertz CT molecular complexity index is 1420. The van der Waals surface area contributed by atoms with Crippen molar-refractivity contribution < 1.29 is 14.5 Å². The van der Waals surface area contributed by atoms with Crippen molar-refractivity contribution in [3.63, 3.8) is 0 Å². The van der Waals surface area contributed by atoms with Gasteiger partial charge in [-0.05, 0) is 25.5 Å². The molecule has 4 atom stereocenters. The molecule has 0 saturated carbocycles. The molecule has 0 bridgehead atoms. The standard InChI is InChI=1S/C28H25N3O4S/c1-16-6-9-18(10-7-16)26(32)25-24(19-4-3-5-20(13-19)31(34)35)23-14-36-15-30(23)28(25)21-12-17(2)8-11-22(21)29-27(28)33/h3-13,23-25H,14-15H2,1-2H3,(H,29,33)/t23-,24-,25+,28-/m1/s1. The second-order valence-corrected chi connectivity index (χ2v) is 10.9. The fourth-order valence-corrected chi connectivity index (χ4v) is 7.63. The van der Waals surface area contributed by atoms with Gasteiger partial charge in [0.1, 0.15) is 5.54 Å². The fraction of sp³-hybridized carbons (Fsp3) is 0.286. The number of benzene rings is 3. The van der Waals surface area contributed by atoms with Crippen molar-refractivity contribution in [1.82, 2.24) is 4.90 Å². The minimum atomic E-state index is -1.19. The van der Waals surface area contributed by atoms with Gasteiger partial charge in [-0.3, -0.25) is 24.6 Å². The van der Waals surface area contributed by atoms with E-state index in [-0.39, 0.29) is 29.3 Å². The number of Topliss-reactive ketones (excluding diaryl/α,β-unsaturated/α-hetero) is 1. The molecule has 3 aliphatic heterocycles. The molecule has 1 amide bonds. The van der Waals surface area contributed by atoms with Gasteiger partial charge in [0.25, 0.3) is 5.69 Å². The van der Waals surface area contributed by atoms with E-state index in [2.05, 4.69) is 10.2 Å². The number of non-ortho nitro benzene ring substituents is 1. The van der Waals surface area contributed by atoms with Crippen LogP contribution in [0.25, 0.3) is 0 Å². The van der Waals surface area contributed by atoms with Gasteiger partial charge in [-0.25, -0.2) is 0 Å². The largest absolute Gasteiger partial charge is 0.324 e. The number of nitro groups is 1. The van der Waals surface area contributed by atoms with Crippen molar-refractivity contribution in [3.05, 3.63) is 105 Å². The average molecular weight is 500 g/mol. The summed E-state index contributed by atoms with van der Waals surface area (Å²) in [6.07, 6.45) is 0. The van der Waals surface area contributed by atoms with E-state index in [0.29, 0.717) is 11.4 Å². The van der Waals surface area contributed by atoms with Crippen molar-refractivity contribution in [2.24, 2.45) is 5.92 Å². The van der Waals surface area contributed by atoms with Gasteiger partial charge in [-0.1, -0.05) is 59.7 Å². The molecular formula is C28H25N3O4S. The number of ketones is 1. The van der Waals surface area contributed by atoms with Gasteiger partial charge in [-0.15, -0.1) is 11.8 Å². The van der Waals surface area contributed by atoms with Crippen LogP contribution in [0.3, 0.4) is 0 Å². The highest BCUT2D eigenvalue weighted by Crippen LogP contribution is 2.61. The molecule has 8 heteroatoms. The number of fused-ring (bicyclic) bond motifs is 4. The number of anilines is 1. The van der Waals surface area contributed by atoms with E-state index in [9.17, 15) is 19.7 Å². The third-order valence-electron chi connectivity index (χ3n) is 7.86. The number of hydrogen-bond donors (Lipinski definition) is 1. The summed E-state index contributed by atoms with van der Waals surface area (Å²) in [6, 6.07) is 19.8. The Balaban J connectivity index is 1.62. The van der Waals surface area contributed by atoms with Crippen LogP contribution in [0.1, 0.15) is 38.5 Å². The Labute approximate surface area is 213 Å². The molecule has 0 unspecified atom stereocenters. The van der Waals surface area contributed by atoms with Crippen LogP contribution >= 0.6 is 11.8 Å². The summed E-state index contributed by atoms with van der Waals surface area (Å²) in [4.78, 5) is 41.9. The molecule has 6 rings (SSSR count). The molecule has 7 nitrogen and oxygen atoms in total. The summed E-state index contributed by atoms with van der Waals surface area (Å²) in [7, 11) is 0. The second-order valence-electron chi connectivity index (χ2n) is 9.89. The molecule has 3 aromatic rings. The third-order valence-corrected chi connectivity index (χ3v) is 8.90. The topological polar surface area (TPSA) is 92.5 Å². The van der Waals surface area contributed by atoms with Crippen LogP contribution in [-0.2, 0) is 10.3 Å². The van der Waals surface area contributed by atoms with Gasteiger partial charge in [0.2, 0.25) is 5.91 Å². The van der Waals surface area contributed by atoms with Gasteiger partial charge in [0.05, 0.1) is 10.8 Å². The summed E-state index contributed by atoms with van der Waals surface area (Å²) in [5, 5.41) is 14.7. The lowest BCUT2D eigenvalue weighted by Crippen LogP contribution is -2.52. The zero-order chi connectivity index (χ0) is 25.2. The van der Waals surface area contributed by atoms with Crippen LogP contribution in [-0.4, -0.2) is 39.2 Å². The molecule has 2 saturated heterocycles. The first-order chi connectivity index (χ1) is 17.3. The third kappa shape index (κ3) is 3.17. The van der Waals surface area contributed by atoms with Crippen molar-refractivity contribution in [2.45, 2.75) is 31.3 Å². The van der Waals surface area contributed by atoms with E-state index < -0.39 is 16.4 Å². The molecule has 36 heavy (non-hydrogen) atoms. The van der Waals surface area contributed by atoms with Crippen molar-refractivity contribution in [2.75, 3.05) is 16.9 Å². The predicted molar refractivity (Wildman–Crippen MR) is 139 cm³/mol. The predicted octanol–water partition coefficient (Wildman–Crippen LogP) is 5.03. The average Bonchev–Trinajstić information content (AvgIpc) is 3.52. The summed E-state index contributed by atoms with van der Waals surface area (Å²) < 4.78 is 0. The van der Waals surface area contributed by atoms with Crippen LogP contribution < -0.4 is 5.32 Å². The number of nitrogens with one attached hydrogen (secondary N) is 1. The van der Waals surface area contributed by atoms with E-state index >= 15 is 0 Å². The molecule has 3 heterocycles. The number of rotatable bonds is 4. The summed E-state index contributed by atoms with van der Waals surface area (Å²) in [5.41, 5.74) is 3.65. The number of nitrogens with zero attached hydrogens (tertiary/aromatic N) is 2. The highest BCUT2D eigenvalue weighted by molar-refractivity contribution is 7.99. The van der Waals surface area contributed by atoms with Crippen molar-refractivity contribution in [1.29, 1.82) is 0 Å². The number of thioether (sulfide) groups is 1. The molecule has 3 aliphatic rings. The summed E-state index contributed by atoms with van der Waals surface area (Å²) >= 11 is 1.73. The molecule has 0 aliphatic carbocycles. The first kappa shape index (κ1) is 22.9. The monoisotopic (exact) mass is 499 g/mol. The SMILES string of the molecule is Cc1ccc(C(=O)[C@@H]2[C@H](c3cccc([N+](=O)[O-])c3)[C@H]3CSCN3[C@@]23C(=O)Nc2ccc(C)cc23)cc1. The lowest BCUT2D eigenvalue weighted by atomic mass is 9.69. The highest BCUT2D eigenvalue weighted by Gasteiger charge is 2.69. The number of carbonyl (C=O) groups is 2. The minimum Gasteiger partial charge on any atom is -0.324 e. The lowest BCUT2D eigenvalue weighted by Gasteiger charge is -2.36. The van der Waals surface area contributed by atoms with Gasteiger partial charge >= 0.3 is 0 Å². The van der Waals surface area contributed by atoms with Crippen LogP contribution in [0.4, 0.5) is 11.4 Å². The smallest absolute Gasteiger partial charge is 0.269 e. The van der Waals surface area contributed by atoms with Gasteiger partial charge in [0.15, 0.2) is 5.78 Å². The van der Waals surface area contributed by atoms with E-state index in [1.165, 1.54) is 6.07 Å². The first-order valence-corrected chi connectivity index (χ1v) is 13.1. The van der Waals surface area contributed by atoms with Crippen LogP contribution in [0, 0.1) is 29.9 Å². The van der Waals surface area contributed by atoms with Gasteiger partial charge < -0.3 is 5.32 Å². The van der Waals surface area contributed by atoms with E-state index in [0.717, 1.165) is 33.7 Å². The Morgan fingerprint density at radius 1 is 1.08 bits per heavy atom. The number of nitro benzene ring substituents is 1. The molecule has 1 N–H and O–H groups in total. The maximum atomic E-state index is 14.4. The van der Waals surface area contributed by atoms with Gasteiger partial charge in [-0.2, -0.15) is 0 Å². The minimum absolute atomic E-state index is 0.0145.